The molecule has 1 spiro atoms. The molecule has 3 aliphatic rings. The SMILES string of the molecule is COc1ccc2c3c1O[C@H]1C[C@@H](OC(C)OCCCOC(C)Oc4cccc5[nH]cc(CCN(C)C)c45)C=C[C@@]31CCN(C)C2. The zero-order valence-corrected chi connectivity index (χ0v) is 27.6. The minimum atomic E-state index is -0.376. The van der Waals surface area contributed by atoms with Gasteiger partial charge in [-0.05, 0) is 90.1 Å². The molecule has 0 fully saturated rings. The molecule has 45 heavy (non-hydrogen) atoms. The summed E-state index contributed by atoms with van der Waals surface area (Å²) in [5.74, 6) is 2.55. The first-order valence-electron chi connectivity index (χ1n) is 16.3. The topological polar surface area (TPSA) is 77.7 Å². The second-order valence-electron chi connectivity index (χ2n) is 12.9. The van der Waals surface area contributed by atoms with Crippen molar-refractivity contribution in [2.45, 2.75) is 76.3 Å². The van der Waals surface area contributed by atoms with Gasteiger partial charge in [-0.1, -0.05) is 24.3 Å². The lowest BCUT2D eigenvalue weighted by molar-refractivity contribution is -0.160. The van der Waals surface area contributed by atoms with Crippen LogP contribution in [0.3, 0.4) is 0 Å². The molecule has 2 aliphatic heterocycles. The lowest BCUT2D eigenvalue weighted by Gasteiger charge is -2.37. The lowest BCUT2D eigenvalue weighted by atomic mass is 9.69. The Morgan fingerprint density at radius 2 is 1.91 bits per heavy atom. The average molecular weight is 620 g/mol. The summed E-state index contributed by atoms with van der Waals surface area (Å²) in [6.07, 6.45) is 9.31. The Morgan fingerprint density at radius 3 is 2.71 bits per heavy atom. The number of rotatable bonds is 14. The third kappa shape index (κ3) is 6.74. The third-order valence-electron chi connectivity index (χ3n) is 9.36. The van der Waals surface area contributed by atoms with Crippen molar-refractivity contribution in [2.24, 2.45) is 0 Å². The van der Waals surface area contributed by atoms with E-state index in [4.69, 9.17) is 28.4 Å². The summed E-state index contributed by atoms with van der Waals surface area (Å²) >= 11 is 0. The number of aromatic amines is 1. The van der Waals surface area contributed by atoms with Crippen molar-refractivity contribution < 1.29 is 28.4 Å². The highest BCUT2D eigenvalue weighted by Crippen LogP contribution is 2.55. The number of hydrogen-bond acceptors (Lipinski definition) is 8. The number of hydrogen-bond donors (Lipinski definition) is 1. The van der Waals surface area contributed by atoms with Gasteiger partial charge < -0.3 is 43.2 Å². The van der Waals surface area contributed by atoms with E-state index in [-0.39, 0.29) is 30.2 Å². The number of benzene rings is 2. The maximum atomic E-state index is 6.63. The fraction of sp³-hybridized carbons (Fsp3) is 0.556. The van der Waals surface area contributed by atoms with E-state index in [0.717, 1.165) is 73.5 Å². The monoisotopic (exact) mass is 619 g/mol. The first-order valence-corrected chi connectivity index (χ1v) is 16.3. The standard InChI is InChI=1S/C36H49N3O6/c1-24(41-19-8-20-42-25(2)44-30-10-7-9-29-33(30)26(22-37-29)14-17-38(3)4)43-28-13-15-36-16-18-39(5)23-27-11-12-31(40-6)35(34(27)36)45-32(36)21-28/h7,9-13,15,22,24-25,28,32,37H,8,14,16-21,23H2,1-6H3/t24?,25?,28-,32-,36-/m0/s1. The summed E-state index contributed by atoms with van der Waals surface area (Å²) in [6.45, 7) is 7.87. The Morgan fingerprint density at radius 1 is 1.09 bits per heavy atom. The van der Waals surface area contributed by atoms with Gasteiger partial charge in [-0.15, -0.1) is 0 Å². The quantitative estimate of drug-likeness (QED) is 0.141. The van der Waals surface area contributed by atoms with Gasteiger partial charge in [-0.2, -0.15) is 0 Å². The maximum Gasteiger partial charge on any atom is 0.197 e. The normalized spacial score (nSPS) is 23.8. The van der Waals surface area contributed by atoms with Crippen molar-refractivity contribution >= 4 is 10.9 Å². The molecule has 1 N–H and O–H groups in total. The van der Waals surface area contributed by atoms with E-state index in [1.807, 2.05) is 32.0 Å². The Balaban J connectivity index is 0.968. The Bertz CT molecular complexity index is 1490. The van der Waals surface area contributed by atoms with Gasteiger partial charge in [0.2, 0.25) is 0 Å². The van der Waals surface area contributed by atoms with Crippen LogP contribution < -0.4 is 14.2 Å². The van der Waals surface area contributed by atoms with E-state index >= 15 is 0 Å². The average Bonchev–Trinajstić information content (AvgIpc) is 3.55. The molecule has 9 heteroatoms. The summed E-state index contributed by atoms with van der Waals surface area (Å²) < 4.78 is 36.9. The third-order valence-corrected chi connectivity index (χ3v) is 9.36. The molecule has 1 aromatic heterocycles. The van der Waals surface area contributed by atoms with Gasteiger partial charge in [0.15, 0.2) is 24.1 Å². The molecule has 5 atom stereocenters. The van der Waals surface area contributed by atoms with Gasteiger partial charge >= 0.3 is 0 Å². The molecule has 1 aliphatic carbocycles. The van der Waals surface area contributed by atoms with Gasteiger partial charge in [0, 0.05) is 42.2 Å². The number of ether oxygens (including phenoxy) is 6. The molecule has 0 radical (unpaired) electrons. The molecule has 9 nitrogen and oxygen atoms in total. The van der Waals surface area contributed by atoms with E-state index in [0.29, 0.717) is 13.2 Å². The van der Waals surface area contributed by atoms with Crippen molar-refractivity contribution in [3.8, 4) is 17.2 Å². The second-order valence-corrected chi connectivity index (χ2v) is 12.9. The minimum Gasteiger partial charge on any atom is -0.493 e. The first kappa shape index (κ1) is 31.9. The Labute approximate surface area is 267 Å². The molecule has 2 aromatic carbocycles. The van der Waals surface area contributed by atoms with Crippen LogP contribution in [-0.4, -0.2) is 94.1 Å². The molecule has 0 bridgehead atoms. The minimum absolute atomic E-state index is 0.00678. The van der Waals surface area contributed by atoms with Crippen LogP contribution in [0.15, 0.2) is 48.7 Å². The van der Waals surface area contributed by atoms with E-state index in [1.165, 1.54) is 16.7 Å². The van der Waals surface area contributed by atoms with Crippen LogP contribution >= 0.6 is 0 Å². The van der Waals surface area contributed by atoms with Gasteiger partial charge in [0.05, 0.1) is 31.8 Å². The predicted octanol–water partition coefficient (Wildman–Crippen LogP) is 5.65. The lowest BCUT2D eigenvalue weighted by Crippen LogP contribution is -2.44. The van der Waals surface area contributed by atoms with Crippen LogP contribution in [0.5, 0.6) is 17.2 Å². The highest BCUT2D eigenvalue weighted by molar-refractivity contribution is 5.89. The molecule has 0 saturated heterocycles. The molecule has 6 rings (SSSR count). The molecule has 244 valence electrons. The molecule has 0 amide bonds. The van der Waals surface area contributed by atoms with Gasteiger partial charge in [0.1, 0.15) is 11.9 Å². The number of nitrogens with one attached hydrogen (secondary N) is 1. The highest BCUT2D eigenvalue weighted by Gasteiger charge is 2.53. The fourth-order valence-electron chi connectivity index (χ4n) is 7.08. The first-order chi connectivity index (χ1) is 21.8. The predicted molar refractivity (Wildman–Crippen MR) is 175 cm³/mol. The number of H-pyrrole nitrogens is 1. The second kappa shape index (κ2) is 13.7. The number of aromatic nitrogens is 1. The molecule has 3 aromatic rings. The summed E-state index contributed by atoms with van der Waals surface area (Å²) in [6, 6.07) is 10.3. The van der Waals surface area contributed by atoms with E-state index in [2.05, 4.69) is 66.4 Å². The molecular weight excluding hydrogens is 570 g/mol. The molecular formula is C36H49N3O6. The summed E-state index contributed by atoms with van der Waals surface area (Å²) in [7, 11) is 8.08. The zero-order chi connectivity index (χ0) is 31.6. The van der Waals surface area contributed by atoms with Crippen LogP contribution in [0.1, 0.15) is 49.8 Å². The Kier molecular flexibility index (Phi) is 9.73. The summed E-state index contributed by atoms with van der Waals surface area (Å²) in [4.78, 5) is 7.95. The van der Waals surface area contributed by atoms with E-state index < -0.39 is 0 Å². The van der Waals surface area contributed by atoms with Crippen molar-refractivity contribution in [1.82, 2.24) is 14.8 Å². The molecule has 0 saturated carbocycles. The molecule has 2 unspecified atom stereocenters. The fourth-order valence-corrected chi connectivity index (χ4v) is 7.08. The van der Waals surface area contributed by atoms with Crippen molar-refractivity contribution in [2.75, 3.05) is 54.6 Å². The van der Waals surface area contributed by atoms with E-state index in [9.17, 15) is 0 Å². The number of fused-ring (bicyclic) bond motifs is 1. The van der Waals surface area contributed by atoms with Gasteiger partial charge in [-0.3, -0.25) is 0 Å². The Hall–Kier alpha value is -3.08. The van der Waals surface area contributed by atoms with Crippen molar-refractivity contribution in [1.29, 1.82) is 0 Å². The summed E-state index contributed by atoms with van der Waals surface area (Å²) in [5.41, 5.74) is 4.80. The van der Waals surface area contributed by atoms with E-state index in [1.54, 1.807) is 7.11 Å². The smallest absolute Gasteiger partial charge is 0.197 e. The van der Waals surface area contributed by atoms with Crippen molar-refractivity contribution in [3.63, 3.8) is 0 Å². The van der Waals surface area contributed by atoms with Crippen molar-refractivity contribution in [3.05, 3.63) is 65.4 Å². The number of methoxy groups -OCH3 is 1. The van der Waals surface area contributed by atoms with Gasteiger partial charge in [-0.25, -0.2) is 0 Å². The maximum absolute atomic E-state index is 6.63. The molecule has 3 heterocycles. The van der Waals surface area contributed by atoms with Crippen LogP contribution in [0, 0.1) is 0 Å². The largest absolute Gasteiger partial charge is 0.493 e. The highest BCUT2D eigenvalue weighted by atomic mass is 16.7. The van der Waals surface area contributed by atoms with Crippen LogP contribution in [-0.2, 0) is 32.6 Å². The van der Waals surface area contributed by atoms with Gasteiger partial charge in [0.25, 0.3) is 0 Å². The number of likely N-dealkylation sites (N-methyl/N-ethyl adjacent to an activating group) is 1. The number of nitrogens with zero attached hydrogens (tertiary/aromatic N) is 2. The van der Waals surface area contributed by atoms with Crippen LogP contribution in [0.25, 0.3) is 10.9 Å². The summed E-state index contributed by atoms with van der Waals surface area (Å²) in [5, 5.41) is 1.13. The zero-order valence-electron chi connectivity index (χ0n) is 27.6. The van der Waals surface area contributed by atoms with Crippen LogP contribution in [0.2, 0.25) is 0 Å². The van der Waals surface area contributed by atoms with Crippen LogP contribution in [0.4, 0.5) is 0 Å².